The van der Waals surface area contributed by atoms with Crippen molar-refractivity contribution in [2.45, 2.75) is 83.9 Å². The molecular formula is C20H31NO3. The summed E-state index contributed by atoms with van der Waals surface area (Å²) in [5.74, 6) is 6.56. The van der Waals surface area contributed by atoms with E-state index in [-0.39, 0.29) is 18.2 Å². The lowest BCUT2D eigenvalue weighted by Gasteiger charge is -2.44. The maximum absolute atomic E-state index is 12.5. The molecule has 1 saturated heterocycles. The molecular weight excluding hydrogens is 302 g/mol. The molecule has 1 fully saturated rings. The smallest absolute Gasteiger partial charge is 0.411 e. The Morgan fingerprint density at radius 2 is 2.12 bits per heavy atom. The number of hydrogen-bond donors (Lipinski definition) is 0. The molecule has 0 spiro atoms. The molecule has 1 amide bonds. The number of amides is 1. The highest BCUT2D eigenvalue weighted by Crippen LogP contribution is 2.29. The van der Waals surface area contributed by atoms with Crippen LogP contribution in [0.2, 0.25) is 0 Å². The number of morpholine rings is 1. The summed E-state index contributed by atoms with van der Waals surface area (Å²) in [7, 11) is 0. The van der Waals surface area contributed by atoms with Gasteiger partial charge in [-0.3, -0.25) is 4.90 Å². The number of carbonyl (C=O) groups is 1. The molecule has 2 aliphatic rings. The summed E-state index contributed by atoms with van der Waals surface area (Å²) in [5.41, 5.74) is 0.858. The van der Waals surface area contributed by atoms with Crippen molar-refractivity contribution in [3.63, 3.8) is 0 Å². The van der Waals surface area contributed by atoms with Gasteiger partial charge in [-0.15, -0.1) is 5.92 Å². The Labute approximate surface area is 146 Å². The maximum atomic E-state index is 12.5. The quantitative estimate of drug-likeness (QED) is 0.437. The Morgan fingerprint density at radius 3 is 2.79 bits per heavy atom. The molecule has 2 atom stereocenters. The van der Waals surface area contributed by atoms with Crippen LogP contribution in [0.15, 0.2) is 11.6 Å². The lowest BCUT2D eigenvalue weighted by molar-refractivity contribution is -0.0536. The van der Waals surface area contributed by atoms with Crippen LogP contribution in [0.5, 0.6) is 0 Å². The summed E-state index contributed by atoms with van der Waals surface area (Å²) >= 11 is 0. The lowest BCUT2D eigenvalue weighted by atomic mass is 9.93. The molecule has 2 rings (SSSR count). The topological polar surface area (TPSA) is 38.8 Å². The molecule has 0 aromatic rings. The first-order chi connectivity index (χ1) is 11.4. The van der Waals surface area contributed by atoms with Gasteiger partial charge in [0.15, 0.2) is 0 Å². The SMILES string of the molecule is CCCCCC#CCC1=CC2COCC(C1)N2C(=O)OC(C)(C)C. The highest BCUT2D eigenvalue weighted by Gasteiger charge is 2.39. The number of hydrogen-bond acceptors (Lipinski definition) is 3. The van der Waals surface area contributed by atoms with Crippen LogP contribution in [0.25, 0.3) is 0 Å². The molecule has 2 heterocycles. The van der Waals surface area contributed by atoms with Crippen LogP contribution in [0, 0.1) is 11.8 Å². The second kappa shape index (κ2) is 8.58. The fraction of sp³-hybridized carbons (Fsp3) is 0.750. The minimum Gasteiger partial charge on any atom is -0.444 e. The Kier molecular flexibility index (Phi) is 6.74. The predicted molar refractivity (Wildman–Crippen MR) is 95.7 cm³/mol. The van der Waals surface area contributed by atoms with Crippen LogP contribution >= 0.6 is 0 Å². The van der Waals surface area contributed by atoms with E-state index in [0.29, 0.717) is 13.2 Å². The van der Waals surface area contributed by atoms with Crippen LogP contribution in [0.1, 0.15) is 66.2 Å². The van der Waals surface area contributed by atoms with Gasteiger partial charge in [0, 0.05) is 12.8 Å². The number of fused-ring (bicyclic) bond motifs is 2. The van der Waals surface area contributed by atoms with Crippen LogP contribution < -0.4 is 0 Å². The van der Waals surface area contributed by atoms with Crippen LogP contribution in [-0.4, -0.2) is 41.9 Å². The van der Waals surface area contributed by atoms with E-state index in [9.17, 15) is 4.79 Å². The molecule has 0 aromatic heterocycles. The fourth-order valence-corrected chi connectivity index (χ4v) is 3.14. The molecule has 0 aliphatic carbocycles. The van der Waals surface area contributed by atoms with Crippen molar-refractivity contribution in [1.82, 2.24) is 4.90 Å². The molecule has 0 N–H and O–H groups in total. The maximum Gasteiger partial charge on any atom is 0.411 e. The highest BCUT2D eigenvalue weighted by molar-refractivity contribution is 5.70. The van der Waals surface area contributed by atoms with E-state index in [0.717, 1.165) is 19.3 Å². The molecule has 2 unspecified atom stereocenters. The van der Waals surface area contributed by atoms with E-state index in [1.54, 1.807) is 0 Å². The predicted octanol–water partition coefficient (Wildman–Crippen LogP) is 4.29. The summed E-state index contributed by atoms with van der Waals surface area (Å²) in [5, 5.41) is 0. The molecule has 4 nitrogen and oxygen atoms in total. The van der Waals surface area contributed by atoms with Gasteiger partial charge in [0.25, 0.3) is 0 Å². The normalized spacial score (nSPS) is 23.2. The average Bonchev–Trinajstić information content (AvgIpc) is 2.48. The average molecular weight is 333 g/mol. The molecule has 0 radical (unpaired) electrons. The van der Waals surface area contributed by atoms with Gasteiger partial charge in [-0.1, -0.05) is 37.3 Å². The second-order valence-corrected chi connectivity index (χ2v) is 7.66. The van der Waals surface area contributed by atoms with Gasteiger partial charge in [0.2, 0.25) is 0 Å². The van der Waals surface area contributed by atoms with Crippen molar-refractivity contribution in [3.05, 3.63) is 11.6 Å². The van der Waals surface area contributed by atoms with Gasteiger partial charge < -0.3 is 9.47 Å². The number of nitrogens with zero attached hydrogens (tertiary/aromatic N) is 1. The first kappa shape index (κ1) is 18.9. The fourth-order valence-electron chi connectivity index (χ4n) is 3.14. The van der Waals surface area contributed by atoms with Crippen molar-refractivity contribution < 1.29 is 14.3 Å². The number of rotatable bonds is 4. The van der Waals surface area contributed by atoms with Crippen LogP contribution in [0.3, 0.4) is 0 Å². The third-order valence-electron chi connectivity index (χ3n) is 4.23. The number of ether oxygens (including phenoxy) is 2. The highest BCUT2D eigenvalue weighted by atomic mass is 16.6. The van der Waals surface area contributed by atoms with E-state index in [1.807, 2.05) is 25.7 Å². The van der Waals surface area contributed by atoms with Crippen molar-refractivity contribution in [2.24, 2.45) is 0 Å². The zero-order valence-electron chi connectivity index (χ0n) is 15.6. The number of unbranched alkanes of at least 4 members (excludes halogenated alkanes) is 3. The molecule has 2 aliphatic heterocycles. The van der Waals surface area contributed by atoms with Gasteiger partial charge in [-0.2, -0.15) is 0 Å². The van der Waals surface area contributed by atoms with Crippen molar-refractivity contribution >= 4 is 6.09 Å². The van der Waals surface area contributed by atoms with Crippen molar-refractivity contribution in [1.29, 1.82) is 0 Å². The zero-order valence-corrected chi connectivity index (χ0v) is 15.6. The summed E-state index contributed by atoms with van der Waals surface area (Å²) in [6.07, 6.45) is 8.22. The van der Waals surface area contributed by atoms with Gasteiger partial charge in [0.1, 0.15) is 5.60 Å². The zero-order chi connectivity index (χ0) is 17.6. The van der Waals surface area contributed by atoms with Crippen LogP contribution in [0.4, 0.5) is 4.79 Å². The van der Waals surface area contributed by atoms with Gasteiger partial charge in [0.05, 0.1) is 25.3 Å². The van der Waals surface area contributed by atoms with Gasteiger partial charge in [-0.05, 0) is 33.6 Å². The third-order valence-corrected chi connectivity index (χ3v) is 4.23. The molecule has 24 heavy (non-hydrogen) atoms. The second-order valence-electron chi connectivity index (χ2n) is 7.66. The van der Waals surface area contributed by atoms with E-state index in [2.05, 4.69) is 24.8 Å². The Morgan fingerprint density at radius 1 is 1.33 bits per heavy atom. The third kappa shape index (κ3) is 5.56. The first-order valence-corrected chi connectivity index (χ1v) is 9.15. The summed E-state index contributed by atoms with van der Waals surface area (Å²) < 4.78 is 11.2. The lowest BCUT2D eigenvalue weighted by Crippen LogP contribution is -2.57. The number of carbonyl (C=O) groups excluding carboxylic acids is 1. The Bertz CT molecular complexity index is 521. The minimum atomic E-state index is -0.472. The van der Waals surface area contributed by atoms with Crippen molar-refractivity contribution in [3.8, 4) is 11.8 Å². The van der Waals surface area contributed by atoms with E-state index in [4.69, 9.17) is 9.47 Å². The van der Waals surface area contributed by atoms with Crippen LogP contribution in [-0.2, 0) is 9.47 Å². The first-order valence-electron chi connectivity index (χ1n) is 9.15. The molecule has 2 bridgehead atoms. The van der Waals surface area contributed by atoms with E-state index < -0.39 is 5.60 Å². The summed E-state index contributed by atoms with van der Waals surface area (Å²) in [4.78, 5) is 14.3. The van der Waals surface area contributed by atoms with Crippen molar-refractivity contribution in [2.75, 3.05) is 13.2 Å². The van der Waals surface area contributed by atoms with E-state index in [1.165, 1.54) is 24.8 Å². The standard InChI is InChI=1S/C20H31NO3/c1-5-6-7-8-9-10-11-16-12-17-14-23-15-18(13-16)21(17)19(22)24-20(2,3)4/h12,17-18H,5-8,11,13-15H2,1-4H3. The Hall–Kier alpha value is -1.47. The van der Waals surface area contributed by atoms with Gasteiger partial charge in [-0.25, -0.2) is 4.79 Å². The minimum absolute atomic E-state index is 0.0239. The molecule has 0 aromatic carbocycles. The monoisotopic (exact) mass is 333 g/mol. The summed E-state index contributed by atoms with van der Waals surface area (Å²) in [6, 6.07) is 0.0460. The summed E-state index contributed by atoms with van der Waals surface area (Å²) in [6.45, 7) is 9.03. The molecule has 4 heteroatoms. The molecule has 0 saturated carbocycles. The Balaban J connectivity index is 1.95. The van der Waals surface area contributed by atoms with E-state index >= 15 is 0 Å². The largest absolute Gasteiger partial charge is 0.444 e. The molecule has 134 valence electrons. The van der Waals surface area contributed by atoms with Gasteiger partial charge >= 0.3 is 6.09 Å².